The summed E-state index contributed by atoms with van der Waals surface area (Å²) in [6.07, 6.45) is 3.83. The standard InChI is InChI=1S/C15H19N5OS/c1-18-3-2-16-14(18)8-19-4-11-6-20(7-12(11)5-19)15(21)13-9-22-10-17-13/h2-3,9-12H,4-8H2,1H3/t11-,12-/m0/s1. The Kier molecular flexibility index (Phi) is 3.46. The van der Waals surface area contributed by atoms with Gasteiger partial charge >= 0.3 is 0 Å². The molecule has 0 bridgehead atoms. The highest BCUT2D eigenvalue weighted by Crippen LogP contribution is 2.32. The minimum Gasteiger partial charge on any atom is -0.337 e. The highest BCUT2D eigenvalue weighted by molar-refractivity contribution is 7.07. The molecule has 2 atom stereocenters. The number of aryl methyl sites for hydroxylation is 1. The van der Waals surface area contributed by atoms with Gasteiger partial charge in [-0.2, -0.15) is 0 Å². The van der Waals surface area contributed by atoms with Crippen LogP contribution in [0.5, 0.6) is 0 Å². The smallest absolute Gasteiger partial charge is 0.273 e. The molecular formula is C15H19N5OS. The molecule has 1 amide bonds. The molecule has 2 aliphatic rings. The zero-order valence-corrected chi connectivity index (χ0v) is 13.4. The predicted octanol–water partition coefficient (Wildman–Crippen LogP) is 1.08. The van der Waals surface area contributed by atoms with Crippen molar-refractivity contribution in [3.8, 4) is 0 Å². The first-order chi connectivity index (χ1) is 10.7. The van der Waals surface area contributed by atoms with E-state index in [1.54, 1.807) is 5.51 Å². The molecule has 2 aromatic rings. The lowest BCUT2D eigenvalue weighted by atomic mass is 10.0. The number of amides is 1. The molecule has 7 heteroatoms. The van der Waals surface area contributed by atoms with Crippen LogP contribution >= 0.6 is 11.3 Å². The minimum atomic E-state index is 0.0892. The van der Waals surface area contributed by atoms with Crippen LogP contribution in [0.15, 0.2) is 23.3 Å². The molecule has 0 aliphatic carbocycles. The van der Waals surface area contributed by atoms with Gasteiger partial charge in [0.05, 0.1) is 12.1 Å². The molecule has 0 spiro atoms. The molecule has 0 aromatic carbocycles. The molecule has 4 rings (SSSR count). The minimum absolute atomic E-state index is 0.0892. The van der Waals surface area contributed by atoms with Crippen molar-refractivity contribution in [1.82, 2.24) is 24.3 Å². The van der Waals surface area contributed by atoms with Gasteiger partial charge in [-0.05, 0) is 11.8 Å². The third-order valence-corrected chi connectivity index (χ3v) is 5.37. The maximum atomic E-state index is 12.4. The lowest BCUT2D eigenvalue weighted by molar-refractivity contribution is 0.0768. The van der Waals surface area contributed by atoms with Crippen molar-refractivity contribution in [2.75, 3.05) is 26.2 Å². The van der Waals surface area contributed by atoms with Crippen molar-refractivity contribution in [3.63, 3.8) is 0 Å². The van der Waals surface area contributed by atoms with Gasteiger partial charge in [0.2, 0.25) is 0 Å². The van der Waals surface area contributed by atoms with Crippen LogP contribution in [0.2, 0.25) is 0 Å². The Labute approximate surface area is 133 Å². The van der Waals surface area contributed by atoms with E-state index in [0.29, 0.717) is 17.5 Å². The van der Waals surface area contributed by atoms with E-state index in [1.165, 1.54) is 11.3 Å². The fraction of sp³-hybridized carbons (Fsp3) is 0.533. The van der Waals surface area contributed by atoms with Crippen LogP contribution in [-0.4, -0.2) is 56.4 Å². The third kappa shape index (κ3) is 2.44. The number of thiazole rings is 1. The fourth-order valence-corrected chi connectivity index (χ4v) is 4.14. The Morgan fingerprint density at radius 1 is 1.27 bits per heavy atom. The van der Waals surface area contributed by atoms with E-state index < -0.39 is 0 Å². The van der Waals surface area contributed by atoms with Crippen molar-refractivity contribution >= 4 is 17.2 Å². The van der Waals surface area contributed by atoms with E-state index in [1.807, 2.05) is 29.7 Å². The lowest BCUT2D eigenvalue weighted by Crippen LogP contribution is -2.33. The Hall–Kier alpha value is -1.73. The second-order valence-corrected chi connectivity index (χ2v) is 6.97. The summed E-state index contributed by atoms with van der Waals surface area (Å²) >= 11 is 1.48. The summed E-state index contributed by atoms with van der Waals surface area (Å²) in [7, 11) is 2.04. The van der Waals surface area contributed by atoms with Crippen LogP contribution in [0.3, 0.4) is 0 Å². The van der Waals surface area contributed by atoms with Gasteiger partial charge in [0.1, 0.15) is 11.5 Å². The molecule has 22 heavy (non-hydrogen) atoms. The van der Waals surface area contributed by atoms with Crippen molar-refractivity contribution in [2.45, 2.75) is 6.54 Å². The maximum absolute atomic E-state index is 12.4. The summed E-state index contributed by atoms with van der Waals surface area (Å²) in [5.41, 5.74) is 2.31. The number of carbonyl (C=O) groups is 1. The Morgan fingerprint density at radius 2 is 2.05 bits per heavy atom. The SMILES string of the molecule is Cn1ccnc1CN1C[C@H]2CN(C(=O)c3cscn3)C[C@@H]2C1. The van der Waals surface area contributed by atoms with Crippen LogP contribution in [0.1, 0.15) is 16.3 Å². The van der Waals surface area contributed by atoms with Crippen molar-refractivity contribution in [3.05, 3.63) is 34.8 Å². The number of fused-ring (bicyclic) bond motifs is 1. The summed E-state index contributed by atoms with van der Waals surface area (Å²) in [6, 6.07) is 0. The van der Waals surface area contributed by atoms with Gasteiger partial charge < -0.3 is 9.47 Å². The van der Waals surface area contributed by atoms with E-state index in [-0.39, 0.29) is 5.91 Å². The zero-order chi connectivity index (χ0) is 15.1. The second-order valence-electron chi connectivity index (χ2n) is 6.25. The van der Waals surface area contributed by atoms with Gasteiger partial charge in [0.25, 0.3) is 5.91 Å². The largest absolute Gasteiger partial charge is 0.337 e. The van der Waals surface area contributed by atoms with Crippen LogP contribution in [0, 0.1) is 11.8 Å². The van der Waals surface area contributed by atoms with E-state index >= 15 is 0 Å². The van der Waals surface area contributed by atoms with E-state index in [4.69, 9.17) is 0 Å². The van der Waals surface area contributed by atoms with Crippen molar-refractivity contribution in [1.29, 1.82) is 0 Å². The van der Waals surface area contributed by atoms with Gasteiger partial charge in [0, 0.05) is 51.0 Å². The number of hydrogen-bond acceptors (Lipinski definition) is 5. The average molecular weight is 317 g/mol. The number of aromatic nitrogens is 3. The molecule has 2 aromatic heterocycles. The molecule has 0 unspecified atom stereocenters. The van der Waals surface area contributed by atoms with E-state index in [9.17, 15) is 4.79 Å². The first-order valence-electron chi connectivity index (χ1n) is 7.56. The predicted molar refractivity (Wildman–Crippen MR) is 83.5 cm³/mol. The first kappa shape index (κ1) is 13.9. The molecular weight excluding hydrogens is 298 g/mol. The molecule has 0 N–H and O–H groups in total. The van der Waals surface area contributed by atoms with Gasteiger partial charge in [-0.15, -0.1) is 11.3 Å². The Bertz CT molecular complexity index is 653. The topological polar surface area (TPSA) is 54.3 Å². The van der Waals surface area contributed by atoms with Gasteiger partial charge in [-0.25, -0.2) is 9.97 Å². The third-order valence-electron chi connectivity index (χ3n) is 4.79. The fourth-order valence-electron chi connectivity index (χ4n) is 3.61. The molecule has 0 radical (unpaired) electrons. The second kappa shape index (κ2) is 5.48. The molecule has 4 heterocycles. The van der Waals surface area contributed by atoms with Gasteiger partial charge in [0.15, 0.2) is 0 Å². The van der Waals surface area contributed by atoms with Gasteiger partial charge in [-0.3, -0.25) is 9.69 Å². The highest BCUT2D eigenvalue weighted by Gasteiger charge is 2.42. The highest BCUT2D eigenvalue weighted by atomic mass is 32.1. The molecule has 116 valence electrons. The number of rotatable bonds is 3. The summed E-state index contributed by atoms with van der Waals surface area (Å²) < 4.78 is 2.08. The zero-order valence-electron chi connectivity index (χ0n) is 12.6. The lowest BCUT2D eigenvalue weighted by Gasteiger charge is -2.20. The quantitative estimate of drug-likeness (QED) is 0.850. The maximum Gasteiger partial charge on any atom is 0.273 e. The molecule has 6 nitrogen and oxygen atoms in total. The molecule has 2 fully saturated rings. The summed E-state index contributed by atoms with van der Waals surface area (Å²) in [6.45, 7) is 4.73. The number of carbonyl (C=O) groups excluding carboxylic acids is 1. The summed E-state index contributed by atoms with van der Waals surface area (Å²) in [5.74, 6) is 2.37. The van der Waals surface area contributed by atoms with Crippen LogP contribution in [0.4, 0.5) is 0 Å². The van der Waals surface area contributed by atoms with Crippen LogP contribution in [0.25, 0.3) is 0 Å². The average Bonchev–Trinajstić information content (AvgIpc) is 3.23. The molecule has 0 saturated carbocycles. The normalized spacial score (nSPS) is 24.9. The van der Waals surface area contributed by atoms with Crippen LogP contribution in [-0.2, 0) is 13.6 Å². The van der Waals surface area contributed by atoms with Gasteiger partial charge in [-0.1, -0.05) is 0 Å². The monoisotopic (exact) mass is 317 g/mol. The van der Waals surface area contributed by atoms with E-state index in [2.05, 4.69) is 19.4 Å². The number of nitrogens with zero attached hydrogens (tertiary/aromatic N) is 5. The first-order valence-corrected chi connectivity index (χ1v) is 8.51. The van der Waals surface area contributed by atoms with Crippen molar-refractivity contribution in [2.24, 2.45) is 18.9 Å². The van der Waals surface area contributed by atoms with Crippen molar-refractivity contribution < 1.29 is 4.79 Å². The number of likely N-dealkylation sites (tertiary alicyclic amines) is 2. The number of hydrogen-bond donors (Lipinski definition) is 0. The molecule has 2 aliphatic heterocycles. The molecule has 2 saturated heterocycles. The summed E-state index contributed by atoms with van der Waals surface area (Å²) in [4.78, 5) is 25.3. The Balaban J connectivity index is 1.36. The van der Waals surface area contributed by atoms with Crippen LogP contribution < -0.4 is 0 Å². The number of imidazole rings is 1. The van der Waals surface area contributed by atoms with E-state index in [0.717, 1.165) is 38.5 Å². The summed E-state index contributed by atoms with van der Waals surface area (Å²) in [5, 5.41) is 1.84. The Morgan fingerprint density at radius 3 is 2.64 bits per heavy atom.